The number of rotatable bonds is 4. The van der Waals surface area contributed by atoms with E-state index in [1.54, 1.807) is 7.11 Å². The topological polar surface area (TPSA) is 39.1 Å². The minimum Gasteiger partial charge on any atom is -0.497 e. The Morgan fingerprint density at radius 2 is 2.22 bits per heavy atom. The molecule has 0 unspecified atom stereocenters. The van der Waals surface area contributed by atoms with Gasteiger partial charge in [0.1, 0.15) is 16.2 Å². The Morgan fingerprint density at radius 3 is 2.89 bits per heavy atom. The molecule has 0 spiro atoms. The number of ether oxygens (including phenoxy) is 1. The molecule has 1 heterocycles. The molecule has 0 saturated heterocycles. The second-order valence-electron chi connectivity index (χ2n) is 3.99. The zero-order valence-electron chi connectivity index (χ0n) is 10.7. The van der Waals surface area contributed by atoms with Crippen molar-refractivity contribution in [2.45, 2.75) is 6.54 Å². The van der Waals surface area contributed by atoms with E-state index in [0.717, 1.165) is 34.0 Å². The summed E-state index contributed by atoms with van der Waals surface area (Å²) >= 11 is 3.52. The average molecular weight is 310 g/mol. The van der Waals surface area contributed by atoms with Gasteiger partial charge in [-0.15, -0.1) is 0 Å². The Morgan fingerprint density at radius 1 is 1.44 bits per heavy atom. The van der Waals surface area contributed by atoms with E-state index in [4.69, 9.17) is 4.74 Å². The number of nitrogens with zero attached hydrogens (tertiary/aromatic N) is 2. The van der Waals surface area contributed by atoms with Crippen molar-refractivity contribution in [3.05, 3.63) is 34.7 Å². The highest BCUT2D eigenvalue weighted by Crippen LogP contribution is 2.30. The molecule has 1 aromatic carbocycles. The first-order valence-corrected chi connectivity index (χ1v) is 6.46. The first-order chi connectivity index (χ1) is 8.67. The van der Waals surface area contributed by atoms with E-state index >= 15 is 0 Å². The zero-order chi connectivity index (χ0) is 13.1. The molecule has 1 N–H and O–H groups in total. The fourth-order valence-electron chi connectivity index (χ4n) is 1.91. The summed E-state index contributed by atoms with van der Waals surface area (Å²) in [7, 11) is 5.59. The monoisotopic (exact) mass is 309 g/mol. The van der Waals surface area contributed by atoms with Gasteiger partial charge >= 0.3 is 0 Å². The second-order valence-corrected chi connectivity index (χ2v) is 4.74. The van der Waals surface area contributed by atoms with E-state index in [-0.39, 0.29) is 0 Å². The lowest BCUT2D eigenvalue weighted by Crippen LogP contribution is -2.10. The molecule has 18 heavy (non-hydrogen) atoms. The van der Waals surface area contributed by atoms with Gasteiger partial charge in [0, 0.05) is 12.6 Å². The van der Waals surface area contributed by atoms with E-state index in [2.05, 4.69) is 30.8 Å². The van der Waals surface area contributed by atoms with Gasteiger partial charge in [0.15, 0.2) is 0 Å². The van der Waals surface area contributed by atoms with Crippen LogP contribution in [0.4, 0.5) is 0 Å². The number of hydrogen-bond donors (Lipinski definition) is 1. The molecule has 96 valence electrons. The summed E-state index contributed by atoms with van der Waals surface area (Å²) < 4.78 is 8.18. The molecule has 2 rings (SSSR count). The maximum absolute atomic E-state index is 5.25. The number of benzene rings is 1. The van der Waals surface area contributed by atoms with E-state index in [1.807, 2.05) is 38.4 Å². The van der Waals surface area contributed by atoms with Crippen molar-refractivity contribution in [2.75, 3.05) is 14.2 Å². The van der Waals surface area contributed by atoms with Crippen LogP contribution in [0.2, 0.25) is 0 Å². The highest BCUT2D eigenvalue weighted by molar-refractivity contribution is 9.10. The Kier molecular flexibility index (Phi) is 4.04. The molecule has 2 aromatic rings. The Bertz CT molecular complexity index is 551. The predicted octanol–water partition coefficient (Wildman–Crippen LogP) is 2.58. The molecule has 5 heteroatoms. The molecule has 0 amide bonds. The van der Waals surface area contributed by atoms with Crippen molar-refractivity contribution < 1.29 is 4.74 Å². The lowest BCUT2D eigenvalue weighted by atomic mass is 10.1. The van der Waals surface area contributed by atoms with Crippen LogP contribution in [0.1, 0.15) is 5.82 Å². The van der Waals surface area contributed by atoms with Crippen LogP contribution in [0.25, 0.3) is 11.3 Å². The number of methoxy groups -OCH3 is 1. The molecular formula is C13H16BrN3O. The fraction of sp³-hybridized carbons (Fsp3) is 0.308. The van der Waals surface area contributed by atoms with Gasteiger partial charge in [-0.05, 0) is 35.1 Å². The lowest BCUT2D eigenvalue weighted by molar-refractivity contribution is 0.415. The van der Waals surface area contributed by atoms with Crippen LogP contribution in [-0.4, -0.2) is 23.7 Å². The molecule has 4 nitrogen and oxygen atoms in total. The molecule has 0 atom stereocenters. The molecule has 0 aliphatic rings. The summed E-state index contributed by atoms with van der Waals surface area (Å²) in [5.74, 6) is 1.83. The lowest BCUT2D eigenvalue weighted by Gasteiger charge is -2.07. The van der Waals surface area contributed by atoms with Crippen LogP contribution in [0.15, 0.2) is 28.9 Å². The Balaban J connectivity index is 2.49. The van der Waals surface area contributed by atoms with Crippen LogP contribution in [0.3, 0.4) is 0 Å². The van der Waals surface area contributed by atoms with Gasteiger partial charge < -0.3 is 14.6 Å². The van der Waals surface area contributed by atoms with E-state index < -0.39 is 0 Å². The Hall–Kier alpha value is -1.33. The van der Waals surface area contributed by atoms with Gasteiger partial charge in [-0.2, -0.15) is 0 Å². The minimum absolute atomic E-state index is 0.735. The fourth-order valence-corrected chi connectivity index (χ4v) is 2.61. The summed E-state index contributed by atoms with van der Waals surface area (Å²) in [6.07, 6.45) is 0. The second kappa shape index (κ2) is 5.54. The first-order valence-electron chi connectivity index (χ1n) is 5.67. The summed E-state index contributed by atoms with van der Waals surface area (Å²) in [6, 6.07) is 7.96. The van der Waals surface area contributed by atoms with Gasteiger partial charge in [-0.1, -0.05) is 12.1 Å². The third kappa shape index (κ3) is 2.42. The first kappa shape index (κ1) is 13.1. The third-order valence-electron chi connectivity index (χ3n) is 2.82. The van der Waals surface area contributed by atoms with Gasteiger partial charge in [-0.3, -0.25) is 0 Å². The van der Waals surface area contributed by atoms with Crippen molar-refractivity contribution >= 4 is 15.9 Å². The zero-order valence-corrected chi connectivity index (χ0v) is 12.3. The number of aromatic nitrogens is 2. The number of imidazole rings is 1. The molecule has 0 bridgehead atoms. The smallest absolute Gasteiger partial charge is 0.132 e. The van der Waals surface area contributed by atoms with E-state index in [0.29, 0.717) is 0 Å². The van der Waals surface area contributed by atoms with Crippen molar-refractivity contribution in [3.63, 3.8) is 0 Å². The van der Waals surface area contributed by atoms with Crippen LogP contribution in [0.5, 0.6) is 5.75 Å². The minimum atomic E-state index is 0.735. The maximum atomic E-state index is 5.25. The largest absolute Gasteiger partial charge is 0.497 e. The Labute approximate surface area is 115 Å². The molecule has 0 aliphatic carbocycles. The van der Waals surface area contributed by atoms with Gasteiger partial charge in [0.25, 0.3) is 0 Å². The summed E-state index contributed by atoms with van der Waals surface area (Å²) in [4.78, 5) is 4.51. The number of nitrogens with one attached hydrogen (secondary N) is 1. The number of halogens is 1. The van der Waals surface area contributed by atoms with Crippen molar-refractivity contribution in [1.82, 2.24) is 14.9 Å². The summed E-state index contributed by atoms with van der Waals surface area (Å²) in [5.41, 5.74) is 2.14. The molecule has 0 fully saturated rings. The molecule has 0 aliphatic heterocycles. The van der Waals surface area contributed by atoms with Crippen molar-refractivity contribution in [1.29, 1.82) is 0 Å². The standard InChI is InChI=1S/C13H16BrN3O/c1-15-8-11-16-13(14)12(17(11)2)9-5-4-6-10(7-9)18-3/h4-7,15H,8H2,1-3H3. The third-order valence-corrected chi connectivity index (χ3v) is 3.38. The number of hydrogen-bond acceptors (Lipinski definition) is 3. The van der Waals surface area contributed by atoms with E-state index in [1.165, 1.54) is 0 Å². The van der Waals surface area contributed by atoms with E-state index in [9.17, 15) is 0 Å². The molecule has 0 radical (unpaired) electrons. The van der Waals surface area contributed by atoms with Crippen molar-refractivity contribution in [3.8, 4) is 17.0 Å². The normalized spacial score (nSPS) is 10.7. The van der Waals surface area contributed by atoms with Crippen LogP contribution < -0.4 is 10.1 Å². The average Bonchev–Trinajstić information content (AvgIpc) is 2.65. The van der Waals surface area contributed by atoms with Gasteiger partial charge in [0.05, 0.1) is 19.3 Å². The quantitative estimate of drug-likeness (QED) is 0.943. The van der Waals surface area contributed by atoms with Gasteiger partial charge in [0.2, 0.25) is 0 Å². The molecule has 0 saturated carbocycles. The SMILES string of the molecule is CNCc1nc(Br)c(-c2cccc(OC)c2)n1C. The van der Waals surface area contributed by atoms with Crippen LogP contribution in [-0.2, 0) is 13.6 Å². The predicted molar refractivity (Wildman–Crippen MR) is 75.7 cm³/mol. The molecular weight excluding hydrogens is 294 g/mol. The summed E-state index contributed by atoms with van der Waals surface area (Å²) in [5, 5.41) is 3.11. The maximum Gasteiger partial charge on any atom is 0.132 e. The summed E-state index contributed by atoms with van der Waals surface area (Å²) in [6.45, 7) is 0.735. The molecule has 1 aromatic heterocycles. The van der Waals surface area contributed by atoms with Crippen molar-refractivity contribution in [2.24, 2.45) is 7.05 Å². The van der Waals surface area contributed by atoms with Crippen LogP contribution >= 0.6 is 15.9 Å². The van der Waals surface area contributed by atoms with Crippen LogP contribution in [0, 0.1) is 0 Å². The van der Waals surface area contributed by atoms with Gasteiger partial charge in [-0.25, -0.2) is 4.98 Å². The highest BCUT2D eigenvalue weighted by atomic mass is 79.9. The highest BCUT2D eigenvalue weighted by Gasteiger charge is 2.14.